The van der Waals surface area contributed by atoms with E-state index in [4.69, 9.17) is 0 Å². The molecule has 26 heavy (non-hydrogen) atoms. The monoisotopic (exact) mass is 376 g/mol. The molecule has 2 rings (SSSR count). The summed E-state index contributed by atoms with van der Waals surface area (Å²) >= 11 is 1.23. The maximum atomic E-state index is 12.1. The van der Waals surface area contributed by atoms with Gasteiger partial charge in [0.15, 0.2) is 0 Å². The number of thioether (sulfide) groups is 1. The molecular weight excluding hydrogens is 352 g/mol. The molecule has 2 aromatic rings. The van der Waals surface area contributed by atoms with Crippen molar-refractivity contribution in [3.63, 3.8) is 0 Å². The summed E-state index contributed by atoms with van der Waals surface area (Å²) in [5, 5.41) is 17.7. The highest BCUT2D eigenvalue weighted by Gasteiger charge is 2.17. The fraction of sp³-hybridized carbons (Fsp3) is 0.471. The maximum Gasteiger partial charge on any atom is 0.242 e. The molecule has 1 heterocycles. The molecule has 0 saturated carbocycles. The summed E-state index contributed by atoms with van der Waals surface area (Å²) in [5.41, 5.74) is 3.09. The van der Waals surface area contributed by atoms with Crippen molar-refractivity contribution in [1.82, 2.24) is 30.8 Å². The number of tetrazole rings is 1. The van der Waals surface area contributed by atoms with Crippen LogP contribution in [0.3, 0.4) is 0 Å². The molecule has 0 spiro atoms. The number of nitrogens with one attached hydrogen (secondary N) is 2. The molecule has 140 valence electrons. The van der Waals surface area contributed by atoms with Gasteiger partial charge in [0.25, 0.3) is 0 Å². The van der Waals surface area contributed by atoms with E-state index in [-0.39, 0.29) is 17.6 Å². The van der Waals surface area contributed by atoms with Gasteiger partial charge in [-0.3, -0.25) is 9.59 Å². The lowest BCUT2D eigenvalue weighted by Gasteiger charge is -2.13. The summed E-state index contributed by atoms with van der Waals surface area (Å²) in [4.78, 5) is 23.9. The Morgan fingerprint density at radius 3 is 2.81 bits per heavy atom. The first-order chi connectivity index (χ1) is 12.4. The zero-order valence-corrected chi connectivity index (χ0v) is 16.3. The lowest BCUT2D eigenvalue weighted by molar-refractivity contribution is -0.127. The molecule has 0 aliphatic rings. The van der Waals surface area contributed by atoms with Gasteiger partial charge in [-0.2, -0.15) is 4.68 Å². The summed E-state index contributed by atoms with van der Waals surface area (Å²) in [7, 11) is 0. The van der Waals surface area contributed by atoms with E-state index in [0.717, 1.165) is 23.2 Å². The average Bonchev–Trinajstić information content (AvgIpc) is 3.08. The molecule has 0 bridgehead atoms. The van der Waals surface area contributed by atoms with Crippen LogP contribution in [0, 0.1) is 13.8 Å². The van der Waals surface area contributed by atoms with Gasteiger partial charge in [-0.1, -0.05) is 30.8 Å². The summed E-state index contributed by atoms with van der Waals surface area (Å²) in [6.07, 6.45) is 0.850. The van der Waals surface area contributed by atoms with Crippen LogP contribution in [-0.4, -0.2) is 50.4 Å². The Labute approximate surface area is 157 Å². The van der Waals surface area contributed by atoms with Crippen LogP contribution in [0.2, 0.25) is 0 Å². The van der Waals surface area contributed by atoms with Gasteiger partial charge in [-0.05, 0) is 54.8 Å². The normalized spacial score (nSPS) is 11.8. The largest absolute Gasteiger partial charge is 0.354 e. The number of aryl methyl sites for hydroxylation is 1. The topological polar surface area (TPSA) is 102 Å². The summed E-state index contributed by atoms with van der Waals surface area (Å²) in [5.74, 6) is -0.313. The zero-order valence-electron chi connectivity index (χ0n) is 15.4. The van der Waals surface area contributed by atoms with Crippen LogP contribution < -0.4 is 10.6 Å². The minimum atomic E-state index is -0.579. The third kappa shape index (κ3) is 5.04. The van der Waals surface area contributed by atoms with E-state index in [1.807, 2.05) is 39.0 Å². The van der Waals surface area contributed by atoms with Crippen molar-refractivity contribution >= 4 is 23.6 Å². The van der Waals surface area contributed by atoms with Gasteiger partial charge in [-0.25, -0.2) is 0 Å². The Morgan fingerprint density at radius 1 is 1.31 bits per heavy atom. The van der Waals surface area contributed by atoms with Crippen molar-refractivity contribution in [2.24, 2.45) is 0 Å². The van der Waals surface area contributed by atoms with Crippen molar-refractivity contribution in [2.75, 3.05) is 12.3 Å². The first kappa shape index (κ1) is 19.9. The minimum absolute atomic E-state index is 0.122. The molecule has 0 aliphatic heterocycles. The highest BCUT2D eigenvalue weighted by Crippen LogP contribution is 2.22. The van der Waals surface area contributed by atoms with Gasteiger partial charge in [0.2, 0.25) is 17.0 Å². The van der Waals surface area contributed by atoms with Gasteiger partial charge in [0.05, 0.1) is 11.4 Å². The number of carbonyl (C=O) groups excluding carboxylic acids is 2. The van der Waals surface area contributed by atoms with Crippen molar-refractivity contribution in [2.45, 2.75) is 45.3 Å². The average molecular weight is 376 g/mol. The number of carbonyl (C=O) groups is 2. The molecule has 0 saturated heterocycles. The van der Waals surface area contributed by atoms with E-state index in [1.54, 1.807) is 11.6 Å². The number of aromatic nitrogens is 4. The molecule has 0 aliphatic carbocycles. The van der Waals surface area contributed by atoms with Crippen molar-refractivity contribution in [3.05, 3.63) is 29.3 Å². The fourth-order valence-electron chi connectivity index (χ4n) is 2.27. The van der Waals surface area contributed by atoms with Gasteiger partial charge in [0, 0.05) is 6.54 Å². The van der Waals surface area contributed by atoms with Crippen molar-refractivity contribution in [1.29, 1.82) is 0 Å². The lowest BCUT2D eigenvalue weighted by atomic mass is 10.1. The quantitative estimate of drug-likeness (QED) is 0.675. The third-order valence-corrected chi connectivity index (χ3v) is 4.82. The predicted molar refractivity (Wildman–Crippen MR) is 100 cm³/mol. The Morgan fingerprint density at radius 2 is 2.08 bits per heavy atom. The second-order valence-corrected chi connectivity index (χ2v) is 6.90. The lowest BCUT2D eigenvalue weighted by Crippen LogP contribution is -2.45. The molecule has 2 amide bonds. The molecule has 0 unspecified atom stereocenters. The van der Waals surface area contributed by atoms with Gasteiger partial charge >= 0.3 is 0 Å². The second-order valence-electron chi connectivity index (χ2n) is 5.96. The van der Waals surface area contributed by atoms with Crippen LogP contribution >= 0.6 is 11.8 Å². The van der Waals surface area contributed by atoms with Gasteiger partial charge < -0.3 is 10.6 Å². The van der Waals surface area contributed by atoms with Gasteiger partial charge in [-0.15, -0.1) is 5.10 Å². The van der Waals surface area contributed by atoms with Crippen LogP contribution in [0.15, 0.2) is 23.4 Å². The Bertz CT molecular complexity index is 776. The second kappa shape index (κ2) is 9.33. The smallest absolute Gasteiger partial charge is 0.242 e. The van der Waals surface area contributed by atoms with E-state index in [9.17, 15) is 9.59 Å². The van der Waals surface area contributed by atoms with E-state index >= 15 is 0 Å². The van der Waals surface area contributed by atoms with E-state index in [0.29, 0.717) is 11.7 Å². The number of hydrogen-bond donors (Lipinski definition) is 2. The minimum Gasteiger partial charge on any atom is -0.354 e. The summed E-state index contributed by atoms with van der Waals surface area (Å²) < 4.78 is 1.62. The number of nitrogens with zero attached hydrogens (tertiary/aromatic N) is 4. The fourth-order valence-corrected chi connectivity index (χ4v) is 2.96. The van der Waals surface area contributed by atoms with Gasteiger partial charge in [0.1, 0.15) is 6.04 Å². The standard InChI is InChI=1S/C17H24N6O2S/c1-5-9-18-16(25)13(4)19-15(24)10-26-17-20-21-22-23(17)14-8-6-7-11(2)12(14)3/h6-8,13H,5,9-10H2,1-4H3,(H,18,25)(H,19,24)/t13-/m0/s1. The van der Waals surface area contributed by atoms with E-state index in [2.05, 4.69) is 26.2 Å². The van der Waals surface area contributed by atoms with E-state index < -0.39 is 6.04 Å². The molecule has 8 nitrogen and oxygen atoms in total. The molecule has 1 atom stereocenters. The highest BCUT2D eigenvalue weighted by atomic mass is 32.2. The molecule has 2 N–H and O–H groups in total. The highest BCUT2D eigenvalue weighted by molar-refractivity contribution is 7.99. The Kier molecular flexibility index (Phi) is 7.14. The maximum absolute atomic E-state index is 12.1. The molecular formula is C17H24N6O2S. The molecule has 0 fully saturated rings. The number of amides is 2. The molecule has 9 heteroatoms. The molecule has 0 radical (unpaired) electrons. The number of benzene rings is 1. The molecule has 1 aromatic carbocycles. The molecule has 1 aromatic heterocycles. The Balaban J connectivity index is 1.97. The van der Waals surface area contributed by atoms with Crippen LogP contribution in [0.4, 0.5) is 0 Å². The first-order valence-corrected chi connectivity index (χ1v) is 9.47. The van der Waals surface area contributed by atoms with Crippen molar-refractivity contribution < 1.29 is 9.59 Å². The number of rotatable bonds is 8. The zero-order chi connectivity index (χ0) is 19.1. The predicted octanol–water partition coefficient (Wildman–Crippen LogP) is 1.40. The first-order valence-electron chi connectivity index (χ1n) is 8.48. The van der Waals surface area contributed by atoms with E-state index in [1.165, 1.54) is 11.8 Å². The third-order valence-electron chi connectivity index (χ3n) is 3.90. The summed E-state index contributed by atoms with van der Waals surface area (Å²) in [6, 6.07) is 5.32. The van der Waals surface area contributed by atoms with Crippen LogP contribution in [0.5, 0.6) is 0 Å². The van der Waals surface area contributed by atoms with Crippen molar-refractivity contribution in [3.8, 4) is 5.69 Å². The van der Waals surface area contributed by atoms with Crippen LogP contribution in [-0.2, 0) is 9.59 Å². The number of hydrogen-bond acceptors (Lipinski definition) is 6. The Hall–Kier alpha value is -2.42. The SMILES string of the molecule is CCCNC(=O)[C@H](C)NC(=O)CSc1nnnn1-c1cccc(C)c1C. The van der Waals surface area contributed by atoms with Crippen LogP contribution in [0.1, 0.15) is 31.4 Å². The summed E-state index contributed by atoms with van der Waals surface area (Å²) in [6.45, 7) is 8.25. The van der Waals surface area contributed by atoms with Crippen LogP contribution in [0.25, 0.3) is 5.69 Å².